The summed E-state index contributed by atoms with van der Waals surface area (Å²) in [6, 6.07) is 0. The summed E-state index contributed by atoms with van der Waals surface area (Å²) in [5.41, 5.74) is 5.78. The van der Waals surface area contributed by atoms with Crippen LogP contribution in [-0.2, 0) is 4.79 Å². The van der Waals surface area contributed by atoms with Crippen molar-refractivity contribution in [3.05, 3.63) is 0 Å². The Morgan fingerprint density at radius 2 is 2.12 bits per heavy atom. The van der Waals surface area contributed by atoms with Gasteiger partial charge in [-0.3, -0.25) is 4.79 Å². The van der Waals surface area contributed by atoms with Gasteiger partial charge in [0.2, 0.25) is 5.91 Å². The number of hydrogen-bond acceptors (Lipinski definition) is 3. The molecule has 0 aromatic rings. The molecule has 96 valence electrons. The SMILES string of the molecule is CC.CC[C@@]1(CCN)CCN(C(=O)CO)C1. The predicted molar refractivity (Wildman–Crippen MR) is 66.0 cm³/mol. The third-order valence-electron chi connectivity index (χ3n) is 3.35. The fourth-order valence-corrected chi connectivity index (χ4v) is 2.22. The molecule has 0 radical (unpaired) electrons. The summed E-state index contributed by atoms with van der Waals surface area (Å²) in [5, 5.41) is 8.75. The van der Waals surface area contributed by atoms with Crippen molar-refractivity contribution in [3.8, 4) is 0 Å². The molecule has 0 unspecified atom stereocenters. The fraction of sp³-hybridized carbons (Fsp3) is 0.917. The number of nitrogens with zero attached hydrogens (tertiary/aromatic N) is 1. The Hall–Kier alpha value is -0.610. The lowest BCUT2D eigenvalue weighted by atomic mass is 9.81. The predicted octanol–water partition coefficient (Wildman–Crippen LogP) is 0.982. The lowest BCUT2D eigenvalue weighted by Crippen LogP contribution is -2.34. The van der Waals surface area contributed by atoms with Crippen molar-refractivity contribution < 1.29 is 9.90 Å². The van der Waals surface area contributed by atoms with Gasteiger partial charge in [0.25, 0.3) is 0 Å². The van der Waals surface area contributed by atoms with Crippen molar-refractivity contribution >= 4 is 5.91 Å². The molecule has 1 rings (SSSR count). The maximum absolute atomic E-state index is 11.3. The summed E-state index contributed by atoms with van der Waals surface area (Å²) < 4.78 is 0. The largest absolute Gasteiger partial charge is 0.387 e. The summed E-state index contributed by atoms with van der Waals surface area (Å²) in [4.78, 5) is 13.0. The van der Waals surface area contributed by atoms with E-state index in [1.807, 2.05) is 13.8 Å². The van der Waals surface area contributed by atoms with Gasteiger partial charge in [0, 0.05) is 13.1 Å². The van der Waals surface area contributed by atoms with Crippen molar-refractivity contribution in [2.75, 3.05) is 26.2 Å². The maximum atomic E-state index is 11.3. The highest BCUT2D eigenvalue weighted by atomic mass is 16.3. The van der Waals surface area contributed by atoms with Crippen LogP contribution in [0.3, 0.4) is 0 Å². The zero-order valence-corrected chi connectivity index (χ0v) is 10.8. The molecule has 1 heterocycles. The molecular weight excluding hydrogens is 204 g/mol. The van der Waals surface area contributed by atoms with Gasteiger partial charge in [-0.1, -0.05) is 20.8 Å². The first-order valence-corrected chi connectivity index (χ1v) is 6.26. The number of likely N-dealkylation sites (tertiary alicyclic amines) is 1. The highest BCUT2D eigenvalue weighted by molar-refractivity contribution is 5.77. The van der Waals surface area contributed by atoms with Crippen molar-refractivity contribution in [1.29, 1.82) is 0 Å². The molecule has 0 saturated carbocycles. The lowest BCUT2D eigenvalue weighted by molar-refractivity contribution is -0.133. The van der Waals surface area contributed by atoms with Crippen LogP contribution in [0.25, 0.3) is 0 Å². The van der Waals surface area contributed by atoms with E-state index >= 15 is 0 Å². The van der Waals surface area contributed by atoms with Crippen LogP contribution in [0.4, 0.5) is 0 Å². The van der Waals surface area contributed by atoms with Crippen LogP contribution in [0, 0.1) is 5.41 Å². The molecule has 3 N–H and O–H groups in total. The normalized spacial score (nSPS) is 23.9. The van der Waals surface area contributed by atoms with E-state index in [9.17, 15) is 4.79 Å². The van der Waals surface area contributed by atoms with E-state index in [0.717, 1.165) is 32.4 Å². The molecule has 4 heteroatoms. The molecule has 1 saturated heterocycles. The van der Waals surface area contributed by atoms with Crippen LogP contribution in [-0.4, -0.2) is 42.2 Å². The van der Waals surface area contributed by atoms with Gasteiger partial charge in [0.1, 0.15) is 6.61 Å². The Morgan fingerprint density at radius 3 is 2.56 bits per heavy atom. The number of nitrogens with two attached hydrogens (primary N) is 1. The second kappa shape index (κ2) is 7.63. The fourth-order valence-electron chi connectivity index (χ4n) is 2.22. The van der Waals surface area contributed by atoms with Crippen molar-refractivity contribution in [2.45, 2.75) is 40.0 Å². The van der Waals surface area contributed by atoms with Gasteiger partial charge in [-0.2, -0.15) is 0 Å². The number of aliphatic hydroxyl groups excluding tert-OH is 1. The minimum Gasteiger partial charge on any atom is -0.387 e. The molecule has 4 nitrogen and oxygen atoms in total. The smallest absolute Gasteiger partial charge is 0.248 e. The molecule has 0 aromatic heterocycles. The number of rotatable bonds is 4. The van der Waals surface area contributed by atoms with Crippen LogP contribution in [0.15, 0.2) is 0 Å². The van der Waals surface area contributed by atoms with E-state index in [1.54, 1.807) is 4.90 Å². The Labute approximate surface area is 98.8 Å². The minimum absolute atomic E-state index is 0.155. The number of amides is 1. The van der Waals surface area contributed by atoms with Gasteiger partial charge in [-0.25, -0.2) is 0 Å². The summed E-state index contributed by atoms with van der Waals surface area (Å²) in [6.07, 6.45) is 3.05. The first kappa shape index (κ1) is 15.4. The van der Waals surface area contributed by atoms with Crippen LogP contribution < -0.4 is 5.73 Å². The maximum Gasteiger partial charge on any atom is 0.248 e. The van der Waals surface area contributed by atoms with E-state index < -0.39 is 0 Å². The number of hydrogen-bond donors (Lipinski definition) is 2. The average molecular weight is 230 g/mol. The van der Waals surface area contributed by atoms with Gasteiger partial charge >= 0.3 is 0 Å². The zero-order valence-electron chi connectivity index (χ0n) is 10.8. The van der Waals surface area contributed by atoms with Gasteiger partial charge in [-0.15, -0.1) is 0 Å². The second-order valence-electron chi connectivity index (χ2n) is 4.12. The van der Waals surface area contributed by atoms with E-state index in [4.69, 9.17) is 10.8 Å². The number of aliphatic hydroxyl groups is 1. The molecule has 16 heavy (non-hydrogen) atoms. The Morgan fingerprint density at radius 1 is 1.50 bits per heavy atom. The van der Waals surface area contributed by atoms with Crippen molar-refractivity contribution in [1.82, 2.24) is 4.90 Å². The van der Waals surface area contributed by atoms with Crippen LogP contribution in [0.2, 0.25) is 0 Å². The van der Waals surface area contributed by atoms with Crippen LogP contribution >= 0.6 is 0 Å². The van der Waals surface area contributed by atoms with E-state index in [1.165, 1.54) is 0 Å². The van der Waals surface area contributed by atoms with Crippen molar-refractivity contribution in [3.63, 3.8) is 0 Å². The first-order chi connectivity index (χ1) is 7.67. The average Bonchev–Trinajstić information content (AvgIpc) is 2.76. The van der Waals surface area contributed by atoms with Crippen LogP contribution in [0.5, 0.6) is 0 Å². The quantitative estimate of drug-likeness (QED) is 0.756. The third kappa shape index (κ3) is 3.76. The molecule has 1 aliphatic rings. The van der Waals surface area contributed by atoms with E-state index in [0.29, 0.717) is 6.54 Å². The Kier molecular flexibility index (Phi) is 7.34. The molecule has 1 fully saturated rings. The summed E-state index contributed by atoms with van der Waals surface area (Å²) in [6.45, 7) is 7.98. The summed E-state index contributed by atoms with van der Waals surface area (Å²) in [7, 11) is 0. The molecule has 0 aliphatic carbocycles. The topological polar surface area (TPSA) is 66.6 Å². The highest BCUT2D eigenvalue weighted by Crippen LogP contribution is 2.36. The molecule has 1 aliphatic heterocycles. The van der Waals surface area contributed by atoms with Gasteiger partial charge in [0.05, 0.1) is 0 Å². The number of carbonyl (C=O) groups is 1. The number of carbonyl (C=O) groups excluding carboxylic acids is 1. The Balaban J connectivity index is 0.00000106. The minimum atomic E-state index is -0.373. The van der Waals surface area contributed by atoms with Crippen molar-refractivity contribution in [2.24, 2.45) is 11.1 Å². The van der Waals surface area contributed by atoms with Gasteiger partial charge < -0.3 is 15.7 Å². The zero-order chi connectivity index (χ0) is 12.6. The summed E-state index contributed by atoms with van der Waals surface area (Å²) >= 11 is 0. The molecule has 0 aromatic carbocycles. The monoisotopic (exact) mass is 230 g/mol. The standard InChI is InChI=1S/C10H20N2O2.C2H6/c1-2-10(3-5-11)4-6-12(8-10)9(14)7-13;1-2/h13H,2-8,11H2,1H3;1-2H3/t10-;/m1./s1. The van der Waals surface area contributed by atoms with Crippen LogP contribution in [0.1, 0.15) is 40.0 Å². The molecule has 1 amide bonds. The molecule has 0 spiro atoms. The third-order valence-corrected chi connectivity index (χ3v) is 3.35. The highest BCUT2D eigenvalue weighted by Gasteiger charge is 2.37. The van der Waals surface area contributed by atoms with E-state index in [2.05, 4.69) is 6.92 Å². The second-order valence-corrected chi connectivity index (χ2v) is 4.12. The van der Waals surface area contributed by atoms with Gasteiger partial charge in [-0.05, 0) is 31.2 Å². The Bertz CT molecular complexity index is 209. The summed E-state index contributed by atoms with van der Waals surface area (Å²) in [5.74, 6) is -0.155. The van der Waals surface area contributed by atoms with Gasteiger partial charge in [0.15, 0.2) is 0 Å². The molecule has 1 atom stereocenters. The first-order valence-electron chi connectivity index (χ1n) is 6.26. The molecule has 0 bridgehead atoms. The van der Waals surface area contributed by atoms with E-state index in [-0.39, 0.29) is 17.9 Å². The lowest BCUT2D eigenvalue weighted by Gasteiger charge is -2.27. The molecular formula is C12H26N2O2.